The molecule has 0 aliphatic carbocycles. The molecule has 0 saturated carbocycles. The summed E-state index contributed by atoms with van der Waals surface area (Å²) < 4.78 is 26.8. The van der Waals surface area contributed by atoms with E-state index in [0.717, 1.165) is 11.1 Å². The maximum absolute atomic E-state index is 12.8. The molecule has 1 heterocycles. The van der Waals surface area contributed by atoms with Gasteiger partial charge in [0.2, 0.25) is 10.0 Å². The van der Waals surface area contributed by atoms with Crippen LogP contribution in [0, 0.1) is 5.92 Å². The van der Waals surface area contributed by atoms with Crippen molar-refractivity contribution in [3.05, 3.63) is 53.6 Å². The molecule has 25 heavy (non-hydrogen) atoms. The summed E-state index contributed by atoms with van der Waals surface area (Å²) in [6.45, 7) is 0.377. The standard InChI is InChI=1S/C18H18ClNO4S/c19-16-7-3-13(4-8-16)14-5-9-17(10-6-14)25(23,24)20-11-1-2-15(12-20)18(21)22/h3-10,15H,1-2,11-12H2,(H,21,22). The van der Waals surface area contributed by atoms with Crippen molar-refractivity contribution in [2.75, 3.05) is 13.1 Å². The molecular formula is C18H18ClNO4S. The van der Waals surface area contributed by atoms with Gasteiger partial charge in [-0.25, -0.2) is 8.42 Å². The predicted molar refractivity (Wildman–Crippen MR) is 96.0 cm³/mol. The monoisotopic (exact) mass is 379 g/mol. The number of sulfonamides is 1. The van der Waals surface area contributed by atoms with Gasteiger partial charge in [0.15, 0.2) is 0 Å². The molecule has 3 rings (SSSR count). The van der Waals surface area contributed by atoms with Crippen molar-refractivity contribution >= 4 is 27.6 Å². The van der Waals surface area contributed by atoms with E-state index in [1.165, 1.54) is 4.31 Å². The van der Waals surface area contributed by atoms with E-state index in [4.69, 9.17) is 16.7 Å². The molecule has 5 nitrogen and oxygen atoms in total. The van der Waals surface area contributed by atoms with E-state index in [0.29, 0.717) is 24.4 Å². The number of hydrogen-bond acceptors (Lipinski definition) is 3. The number of piperidine rings is 1. The fraction of sp³-hybridized carbons (Fsp3) is 0.278. The molecule has 1 N–H and O–H groups in total. The van der Waals surface area contributed by atoms with E-state index in [1.54, 1.807) is 36.4 Å². The predicted octanol–water partition coefficient (Wildman–Crippen LogP) is 3.49. The fourth-order valence-corrected chi connectivity index (χ4v) is 4.62. The summed E-state index contributed by atoms with van der Waals surface area (Å²) in [5, 5.41) is 9.78. The number of nitrogens with zero attached hydrogens (tertiary/aromatic N) is 1. The minimum Gasteiger partial charge on any atom is -0.481 e. The molecule has 1 fully saturated rings. The lowest BCUT2D eigenvalue weighted by Crippen LogP contribution is -2.42. The topological polar surface area (TPSA) is 74.7 Å². The minimum absolute atomic E-state index is 0.0244. The lowest BCUT2D eigenvalue weighted by atomic mass is 10.0. The maximum Gasteiger partial charge on any atom is 0.307 e. The van der Waals surface area contributed by atoms with Crippen LogP contribution in [-0.2, 0) is 14.8 Å². The summed E-state index contributed by atoms with van der Waals surface area (Å²) >= 11 is 5.88. The van der Waals surface area contributed by atoms with Gasteiger partial charge in [-0.15, -0.1) is 0 Å². The Kier molecular flexibility index (Phi) is 5.13. The SMILES string of the molecule is O=C(O)C1CCCN(S(=O)(=O)c2ccc(-c3ccc(Cl)cc3)cc2)C1. The van der Waals surface area contributed by atoms with Gasteiger partial charge in [-0.1, -0.05) is 35.9 Å². The number of hydrogen-bond donors (Lipinski definition) is 1. The molecule has 0 amide bonds. The van der Waals surface area contributed by atoms with E-state index in [-0.39, 0.29) is 11.4 Å². The van der Waals surface area contributed by atoms with Gasteiger partial charge in [-0.05, 0) is 48.2 Å². The third-order valence-electron chi connectivity index (χ3n) is 4.40. The molecule has 7 heteroatoms. The number of aliphatic carboxylic acids is 1. The molecule has 1 aliphatic heterocycles. The smallest absolute Gasteiger partial charge is 0.307 e. The maximum atomic E-state index is 12.8. The minimum atomic E-state index is -3.69. The van der Waals surface area contributed by atoms with Gasteiger partial charge in [-0.2, -0.15) is 4.31 Å². The Labute approximate surface area is 151 Å². The van der Waals surface area contributed by atoms with Crippen LogP contribution in [0.3, 0.4) is 0 Å². The molecule has 1 atom stereocenters. The van der Waals surface area contributed by atoms with Crippen molar-refractivity contribution in [2.45, 2.75) is 17.7 Å². The zero-order chi connectivity index (χ0) is 18.0. The van der Waals surface area contributed by atoms with Gasteiger partial charge in [0, 0.05) is 18.1 Å². The molecular weight excluding hydrogens is 362 g/mol. The summed E-state index contributed by atoms with van der Waals surface area (Å²) in [4.78, 5) is 11.3. The van der Waals surface area contributed by atoms with Crippen molar-refractivity contribution in [3.8, 4) is 11.1 Å². The second-order valence-electron chi connectivity index (χ2n) is 6.07. The van der Waals surface area contributed by atoms with Gasteiger partial charge >= 0.3 is 5.97 Å². The molecule has 0 radical (unpaired) electrons. The molecule has 0 spiro atoms. The number of carboxylic acids is 1. The molecule has 1 aliphatic rings. The summed E-state index contributed by atoms with van der Waals surface area (Å²) in [6, 6.07) is 13.9. The molecule has 0 bridgehead atoms. The summed E-state index contributed by atoms with van der Waals surface area (Å²) in [5.41, 5.74) is 1.83. The quantitative estimate of drug-likeness (QED) is 0.882. The first-order valence-corrected chi connectivity index (χ1v) is 9.79. The van der Waals surface area contributed by atoms with E-state index in [2.05, 4.69) is 0 Å². The summed E-state index contributed by atoms with van der Waals surface area (Å²) in [5.74, 6) is -1.59. The third kappa shape index (κ3) is 3.86. The Balaban J connectivity index is 1.83. The highest BCUT2D eigenvalue weighted by Gasteiger charge is 2.33. The Bertz CT molecular complexity index is 863. The molecule has 2 aromatic carbocycles. The number of carbonyl (C=O) groups is 1. The summed E-state index contributed by atoms with van der Waals surface area (Å²) in [6.07, 6.45) is 1.07. The van der Waals surface area contributed by atoms with Crippen LogP contribution in [0.1, 0.15) is 12.8 Å². The lowest BCUT2D eigenvalue weighted by molar-refractivity contribution is -0.142. The van der Waals surface area contributed by atoms with Crippen LogP contribution in [0.15, 0.2) is 53.4 Å². The number of benzene rings is 2. The normalized spacial score (nSPS) is 18.8. The van der Waals surface area contributed by atoms with Crippen LogP contribution in [0.4, 0.5) is 0 Å². The molecule has 0 aromatic heterocycles. The van der Waals surface area contributed by atoms with Crippen LogP contribution in [-0.4, -0.2) is 36.9 Å². The first-order valence-electron chi connectivity index (χ1n) is 7.97. The van der Waals surface area contributed by atoms with Crippen molar-refractivity contribution in [1.82, 2.24) is 4.31 Å². The first kappa shape index (κ1) is 17.9. The van der Waals surface area contributed by atoms with Gasteiger partial charge in [0.1, 0.15) is 0 Å². The molecule has 1 unspecified atom stereocenters. The van der Waals surface area contributed by atoms with Crippen molar-refractivity contribution in [3.63, 3.8) is 0 Å². The van der Waals surface area contributed by atoms with Gasteiger partial charge in [0.05, 0.1) is 10.8 Å². The number of carboxylic acid groups (broad SMARTS) is 1. The highest BCUT2D eigenvalue weighted by molar-refractivity contribution is 7.89. The molecule has 132 valence electrons. The zero-order valence-corrected chi connectivity index (χ0v) is 15.0. The van der Waals surface area contributed by atoms with Crippen molar-refractivity contribution in [2.24, 2.45) is 5.92 Å². The largest absolute Gasteiger partial charge is 0.481 e. The average molecular weight is 380 g/mol. The van der Waals surface area contributed by atoms with E-state index in [1.807, 2.05) is 12.1 Å². The fourth-order valence-electron chi connectivity index (χ4n) is 2.97. The van der Waals surface area contributed by atoms with Crippen LogP contribution < -0.4 is 0 Å². The summed E-state index contributed by atoms with van der Waals surface area (Å²) in [7, 11) is -3.69. The first-order chi connectivity index (χ1) is 11.9. The van der Waals surface area contributed by atoms with Gasteiger partial charge in [0.25, 0.3) is 0 Å². The molecule has 2 aromatic rings. The lowest BCUT2D eigenvalue weighted by Gasteiger charge is -2.29. The Hall–Kier alpha value is -1.89. The Morgan fingerprint density at radius 2 is 1.60 bits per heavy atom. The zero-order valence-electron chi connectivity index (χ0n) is 13.4. The Morgan fingerprint density at radius 1 is 1.04 bits per heavy atom. The number of halogens is 1. The second-order valence-corrected chi connectivity index (χ2v) is 8.45. The van der Waals surface area contributed by atoms with Crippen LogP contribution in [0.25, 0.3) is 11.1 Å². The van der Waals surface area contributed by atoms with E-state index >= 15 is 0 Å². The van der Waals surface area contributed by atoms with E-state index in [9.17, 15) is 13.2 Å². The van der Waals surface area contributed by atoms with Crippen LogP contribution in [0.5, 0.6) is 0 Å². The second kappa shape index (κ2) is 7.15. The number of rotatable bonds is 4. The van der Waals surface area contributed by atoms with Crippen molar-refractivity contribution < 1.29 is 18.3 Å². The van der Waals surface area contributed by atoms with Crippen LogP contribution >= 0.6 is 11.6 Å². The van der Waals surface area contributed by atoms with Gasteiger partial charge in [-0.3, -0.25) is 4.79 Å². The third-order valence-corrected chi connectivity index (χ3v) is 6.53. The van der Waals surface area contributed by atoms with Gasteiger partial charge < -0.3 is 5.11 Å². The van der Waals surface area contributed by atoms with Crippen molar-refractivity contribution in [1.29, 1.82) is 0 Å². The average Bonchev–Trinajstić information content (AvgIpc) is 2.62. The highest BCUT2D eigenvalue weighted by atomic mass is 35.5. The Morgan fingerprint density at radius 3 is 2.16 bits per heavy atom. The van der Waals surface area contributed by atoms with E-state index < -0.39 is 21.9 Å². The molecule has 1 saturated heterocycles. The highest BCUT2D eigenvalue weighted by Crippen LogP contribution is 2.27. The van der Waals surface area contributed by atoms with Crippen LogP contribution in [0.2, 0.25) is 5.02 Å².